The molecule has 96 valence electrons. The first-order valence-electron chi connectivity index (χ1n) is 6.07. The maximum atomic E-state index is 11.5. The summed E-state index contributed by atoms with van der Waals surface area (Å²) in [4.78, 5) is 13.7. The van der Waals surface area contributed by atoms with Gasteiger partial charge in [-0.3, -0.25) is 0 Å². The van der Waals surface area contributed by atoms with Gasteiger partial charge in [0.15, 0.2) is 0 Å². The number of benzene rings is 1. The number of hydrogen-bond donors (Lipinski definition) is 0. The van der Waals surface area contributed by atoms with E-state index < -0.39 is 0 Å². The lowest BCUT2D eigenvalue weighted by atomic mass is 10.1. The monoisotopic (exact) mass is 309 g/mol. The van der Waals surface area contributed by atoms with Crippen molar-refractivity contribution in [2.45, 2.75) is 19.2 Å². The van der Waals surface area contributed by atoms with E-state index in [1.807, 2.05) is 12.1 Å². The Morgan fingerprint density at radius 3 is 2.56 bits per heavy atom. The van der Waals surface area contributed by atoms with E-state index in [1.54, 1.807) is 0 Å². The molecule has 1 aromatic carbocycles. The van der Waals surface area contributed by atoms with E-state index in [0.717, 1.165) is 29.7 Å². The van der Waals surface area contributed by atoms with Gasteiger partial charge < -0.3 is 9.32 Å². The first-order chi connectivity index (χ1) is 8.69. The number of anilines is 1. The molecule has 0 bridgehead atoms. The van der Waals surface area contributed by atoms with Gasteiger partial charge in [0.05, 0.1) is 0 Å². The predicted octanol–water partition coefficient (Wildman–Crippen LogP) is 3.53. The molecule has 0 atom stereocenters. The summed E-state index contributed by atoms with van der Waals surface area (Å²) in [6.45, 7) is 6.09. The second-order valence-electron chi connectivity index (χ2n) is 4.08. The lowest BCUT2D eigenvalue weighted by molar-refractivity contribution is 0.559. The lowest BCUT2D eigenvalue weighted by Crippen LogP contribution is -2.21. The van der Waals surface area contributed by atoms with Crippen LogP contribution in [-0.4, -0.2) is 13.1 Å². The first kappa shape index (κ1) is 13.1. The number of hydrogen-bond acceptors (Lipinski definition) is 3. The highest BCUT2D eigenvalue weighted by atomic mass is 79.9. The largest absolute Gasteiger partial charge is 0.423 e. The molecule has 4 heteroatoms. The molecule has 1 aromatic heterocycles. The topological polar surface area (TPSA) is 33.5 Å². The molecule has 0 aliphatic carbocycles. The second kappa shape index (κ2) is 5.57. The van der Waals surface area contributed by atoms with Crippen molar-refractivity contribution in [1.82, 2.24) is 0 Å². The molecule has 3 nitrogen and oxygen atoms in total. The summed E-state index contributed by atoms with van der Waals surface area (Å²) < 4.78 is 5.28. The van der Waals surface area contributed by atoms with Crippen LogP contribution in [0.1, 0.15) is 19.4 Å². The highest BCUT2D eigenvalue weighted by Crippen LogP contribution is 2.24. The molecule has 0 spiro atoms. The molecule has 0 aliphatic heterocycles. The third kappa shape index (κ3) is 2.43. The van der Waals surface area contributed by atoms with E-state index >= 15 is 0 Å². The van der Waals surface area contributed by atoms with Crippen LogP contribution in [0, 0.1) is 0 Å². The molecule has 1 heterocycles. The quantitative estimate of drug-likeness (QED) is 0.640. The minimum Gasteiger partial charge on any atom is -0.423 e. The van der Waals surface area contributed by atoms with Crippen molar-refractivity contribution in [2.24, 2.45) is 0 Å². The average Bonchev–Trinajstić information content (AvgIpc) is 2.38. The minimum absolute atomic E-state index is 0.298. The number of rotatable bonds is 4. The molecule has 2 aromatic rings. The van der Waals surface area contributed by atoms with Crippen LogP contribution >= 0.6 is 15.9 Å². The zero-order valence-electron chi connectivity index (χ0n) is 10.6. The third-order valence-corrected chi connectivity index (χ3v) is 3.69. The van der Waals surface area contributed by atoms with Gasteiger partial charge in [-0.15, -0.1) is 0 Å². The van der Waals surface area contributed by atoms with Crippen LogP contribution in [-0.2, 0) is 5.33 Å². The van der Waals surface area contributed by atoms with Crippen LogP contribution in [0.4, 0.5) is 5.69 Å². The van der Waals surface area contributed by atoms with Gasteiger partial charge in [0.25, 0.3) is 0 Å². The van der Waals surface area contributed by atoms with Gasteiger partial charge in [-0.25, -0.2) is 4.79 Å². The first-order valence-corrected chi connectivity index (χ1v) is 7.19. The molecule has 0 aliphatic rings. The summed E-state index contributed by atoms with van der Waals surface area (Å²) in [7, 11) is 0. The molecule has 2 rings (SSSR count). The van der Waals surface area contributed by atoms with Gasteiger partial charge >= 0.3 is 5.63 Å². The van der Waals surface area contributed by atoms with Gasteiger partial charge in [-0.1, -0.05) is 15.9 Å². The smallest absolute Gasteiger partial charge is 0.336 e. The van der Waals surface area contributed by atoms with Crippen molar-refractivity contribution >= 4 is 32.6 Å². The van der Waals surface area contributed by atoms with Crippen LogP contribution < -0.4 is 10.5 Å². The van der Waals surface area contributed by atoms with E-state index in [0.29, 0.717) is 10.9 Å². The average molecular weight is 310 g/mol. The summed E-state index contributed by atoms with van der Waals surface area (Å²) in [5.74, 6) is 0. The molecule has 0 N–H and O–H groups in total. The predicted molar refractivity (Wildman–Crippen MR) is 78.7 cm³/mol. The van der Waals surface area contributed by atoms with Crippen LogP contribution in [0.3, 0.4) is 0 Å². The van der Waals surface area contributed by atoms with Gasteiger partial charge in [-0.05, 0) is 31.5 Å². The van der Waals surface area contributed by atoms with Crippen LogP contribution in [0.25, 0.3) is 11.0 Å². The molecule has 0 saturated heterocycles. The fourth-order valence-corrected chi connectivity index (χ4v) is 2.58. The summed E-state index contributed by atoms with van der Waals surface area (Å²) >= 11 is 3.40. The van der Waals surface area contributed by atoms with E-state index in [2.05, 4.69) is 40.7 Å². The Bertz CT molecular complexity index is 602. The van der Waals surface area contributed by atoms with Crippen LogP contribution in [0.5, 0.6) is 0 Å². The van der Waals surface area contributed by atoms with E-state index in [4.69, 9.17) is 4.42 Å². The Morgan fingerprint density at radius 2 is 1.94 bits per heavy atom. The molecule has 18 heavy (non-hydrogen) atoms. The zero-order chi connectivity index (χ0) is 13.1. The van der Waals surface area contributed by atoms with Crippen molar-refractivity contribution in [1.29, 1.82) is 0 Å². The van der Waals surface area contributed by atoms with Crippen molar-refractivity contribution in [2.75, 3.05) is 18.0 Å². The fraction of sp³-hybridized carbons (Fsp3) is 0.357. The van der Waals surface area contributed by atoms with E-state index in [1.165, 1.54) is 6.07 Å². The SMILES string of the molecule is CCN(CC)c1ccc2c(CBr)cc(=O)oc2c1. The maximum Gasteiger partial charge on any atom is 0.336 e. The molecule has 0 unspecified atom stereocenters. The Labute approximate surface area is 115 Å². The van der Waals surface area contributed by atoms with Crippen molar-refractivity contribution < 1.29 is 4.42 Å². The Kier molecular flexibility index (Phi) is 4.07. The number of alkyl halides is 1. The Balaban J connectivity index is 2.61. The maximum absolute atomic E-state index is 11.5. The van der Waals surface area contributed by atoms with Gasteiger partial charge in [0.2, 0.25) is 0 Å². The fourth-order valence-electron chi connectivity index (χ4n) is 2.11. The summed E-state index contributed by atoms with van der Waals surface area (Å²) in [6.07, 6.45) is 0. The highest BCUT2D eigenvalue weighted by Gasteiger charge is 2.08. The molecule has 0 amide bonds. The normalized spacial score (nSPS) is 10.8. The zero-order valence-corrected chi connectivity index (χ0v) is 12.2. The third-order valence-electron chi connectivity index (χ3n) is 3.09. The highest BCUT2D eigenvalue weighted by molar-refractivity contribution is 9.08. The molecule has 0 saturated carbocycles. The van der Waals surface area contributed by atoms with Gasteiger partial charge in [0.1, 0.15) is 5.58 Å². The second-order valence-corrected chi connectivity index (χ2v) is 4.64. The summed E-state index contributed by atoms with van der Waals surface area (Å²) in [5.41, 5.74) is 2.41. The molecule has 0 fully saturated rings. The van der Waals surface area contributed by atoms with E-state index in [-0.39, 0.29) is 5.63 Å². The van der Waals surface area contributed by atoms with Crippen LogP contribution in [0.15, 0.2) is 33.5 Å². The number of fused-ring (bicyclic) bond motifs is 1. The number of halogens is 1. The minimum atomic E-state index is -0.298. The molecular weight excluding hydrogens is 294 g/mol. The Morgan fingerprint density at radius 1 is 1.22 bits per heavy atom. The van der Waals surface area contributed by atoms with E-state index in [9.17, 15) is 4.79 Å². The Hall–Kier alpha value is -1.29. The van der Waals surface area contributed by atoms with Crippen molar-refractivity contribution in [3.63, 3.8) is 0 Å². The summed E-state index contributed by atoms with van der Waals surface area (Å²) in [6, 6.07) is 7.56. The molecule has 0 radical (unpaired) electrons. The lowest BCUT2D eigenvalue weighted by Gasteiger charge is -2.21. The summed E-state index contributed by atoms with van der Waals surface area (Å²) in [5, 5.41) is 1.64. The van der Waals surface area contributed by atoms with Gasteiger partial charge in [-0.2, -0.15) is 0 Å². The standard InChI is InChI=1S/C14H16BrNO2/c1-3-16(4-2)11-5-6-12-10(9-15)7-14(17)18-13(12)8-11/h5-8H,3-4,9H2,1-2H3. The van der Waals surface area contributed by atoms with Crippen LogP contribution in [0.2, 0.25) is 0 Å². The number of nitrogens with zero attached hydrogens (tertiary/aromatic N) is 1. The van der Waals surface area contributed by atoms with Crippen molar-refractivity contribution in [3.8, 4) is 0 Å². The molecular formula is C14H16BrNO2. The van der Waals surface area contributed by atoms with Crippen molar-refractivity contribution in [3.05, 3.63) is 40.2 Å². The van der Waals surface area contributed by atoms with Gasteiger partial charge in [0, 0.05) is 41.6 Å².